The van der Waals surface area contributed by atoms with E-state index in [-0.39, 0.29) is 5.82 Å². The van der Waals surface area contributed by atoms with Crippen LogP contribution in [0, 0.1) is 25.2 Å². The van der Waals surface area contributed by atoms with Crippen molar-refractivity contribution in [2.45, 2.75) is 13.8 Å². The van der Waals surface area contributed by atoms with E-state index in [0.717, 1.165) is 33.7 Å². The zero-order valence-electron chi connectivity index (χ0n) is 16.9. The van der Waals surface area contributed by atoms with Crippen LogP contribution in [0.3, 0.4) is 0 Å². The maximum absolute atomic E-state index is 9.72. The van der Waals surface area contributed by atoms with Crippen molar-refractivity contribution in [3.05, 3.63) is 95.6 Å². The van der Waals surface area contributed by atoms with Gasteiger partial charge in [0, 0.05) is 11.1 Å². The van der Waals surface area contributed by atoms with Crippen molar-refractivity contribution in [3.63, 3.8) is 0 Å². The highest BCUT2D eigenvalue weighted by atomic mass is 16.5. The summed E-state index contributed by atoms with van der Waals surface area (Å²) in [6.07, 6.45) is 0. The third-order valence-corrected chi connectivity index (χ3v) is 4.94. The van der Waals surface area contributed by atoms with Gasteiger partial charge in [0.1, 0.15) is 28.9 Å². The number of para-hydroxylation sites is 1. The maximum atomic E-state index is 9.72. The summed E-state index contributed by atoms with van der Waals surface area (Å²) >= 11 is 0. The predicted molar refractivity (Wildman–Crippen MR) is 120 cm³/mol. The Morgan fingerprint density at radius 3 is 2.33 bits per heavy atom. The van der Waals surface area contributed by atoms with E-state index in [9.17, 15) is 5.26 Å². The van der Waals surface area contributed by atoms with Gasteiger partial charge in [-0.1, -0.05) is 54.1 Å². The third-order valence-electron chi connectivity index (χ3n) is 4.94. The Balaban J connectivity index is 1.81. The van der Waals surface area contributed by atoms with E-state index in [1.807, 2.05) is 79.7 Å². The lowest BCUT2D eigenvalue weighted by Crippen LogP contribution is -2.00. The van der Waals surface area contributed by atoms with Crippen LogP contribution in [0.2, 0.25) is 0 Å². The van der Waals surface area contributed by atoms with Gasteiger partial charge in [-0.25, -0.2) is 4.98 Å². The van der Waals surface area contributed by atoms with E-state index in [1.54, 1.807) is 0 Å². The normalized spacial score (nSPS) is 10.4. The summed E-state index contributed by atoms with van der Waals surface area (Å²) in [6.45, 7) is 4.10. The van der Waals surface area contributed by atoms with Gasteiger partial charge in [-0.3, -0.25) is 0 Å². The first-order chi connectivity index (χ1) is 14.5. The molecule has 1 heterocycles. The number of aryl methyl sites for hydroxylation is 2. The second kappa shape index (κ2) is 8.10. The van der Waals surface area contributed by atoms with Crippen molar-refractivity contribution < 1.29 is 4.74 Å². The largest absolute Gasteiger partial charge is 0.457 e. The fourth-order valence-electron chi connectivity index (χ4n) is 3.50. The molecule has 0 atom stereocenters. The van der Waals surface area contributed by atoms with Crippen molar-refractivity contribution >= 4 is 5.82 Å². The smallest absolute Gasteiger partial charge is 0.142 e. The number of nitrogen functional groups attached to an aromatic ring is 1. The van der Waals surface area contributed by atoms with Gasteiger partial charge in [0.15, 0.2) is 0 Å². The molecule has 0 saturated carbocycles. The molecule has 0 spiro atoms. The van der Waals surface area contributed by atoms with Gasteiger partial charge in [-0.05, 0) is 55.3 Å². The fourth-order valence-corrected chi connectivity index (χ4v) is 3.50. The number of rotatable bonds is 4. The number of nitriles is 1. The van der Waals surface area contributed by atoms with Crippen LogP contribution in [0.1, 0.15) is 16.7 Å². The van der Waals surface area contributed by atoms with Gasteiger partial charge in [-0.15, -0.1) is 0 Å². The molecule has 146 valence electrons. The quantitative estimate of drug-likeness (QED) is 0.444. The molecule has 4 rings (SSSR count). The molecule has 3 aromatic carbocycles. The molecule has 4 nitrogen and oxygen atoms in total. The van der Waals surface area contributed by atoms with Crippen LogP contribution in [0.5, 0.6) is 11.5 Å². The fraction of sp³-hybridized carbons (Fsp3) is 0.0769. The number of nitrogens with two attached hydrogens (primary N) is 1. The summed E-state index contributed by atoms with van der Waals surface area (Å²) in [7, 11) is 0. The molecular formula is C26H21N3O. The van der Waals surface area contributed by atoms with E-state index >= 15 is 0 Å². The van der Waals surface area contributed by atoms with Crippen LogP contribution in [0.15, 0.2) is 78.9 Å². The van der Waals surface area contributed by atoms with E-state index in [1.165, 1.54) is 5.56 Å². The number of hydrogen-bond donors (Lipinski definition) is 1. The summed E-state index contributed by atoms with van der Waals surface area (Å²) in [5.74, 6) is 1.66. The second-order valence-corrected chi connectivity index (χ2v) is 7.19. The Bertz CT molecular complexity index is 1260. The van der Waals surface area contributed by atoms with Gasteiger partial charge in [0.25, 0.3) is 0 Å². The van der Waals surface area contributed by atoms with Gasteiger partial charge >= 0.3 is 0 Å². The van der Waals surface area contributed by atoms with Crippen LogP contribution >= 0.6 is 0 Å². The number of ether oxygens (including phenoxy) is 1. The molecule has 2 N–H and O–H groups in total. The molecule has 4 aromatic rings. The van der Waals surface area contributed by atoms with Crippen LogP contribution in [0.25, 0.3) is 22.4 Å². The van der Waals surface area contributed by atoms with Crippen molar-refractivity contribution in [2.75, 3.05) is 5.73 Å². The van der Waals surface area contributed by atoms with E-state index in [0.29, 0.717) is 11.3 Å². The maximum Gasteiger partial charge on any atom is 0.142 e. The van der Waals surface area contributed by atoms with Crippen LogP contribution < -0.4 is 10.5 Å². The Morgan fingerprint density at radius 2 is 1.60 bits per heavy atom. The highest BCUT2D eigenvalue weighted by Gasteiger charge is 2.15. The molecule has 0 radical (unpaired) electrons. The molecule has 0 aliphatic rings. The Morgan fingerprint density at radius 1 is 0.833 bits per heavy atom. The SMILES string of the molecule is Cc1ccc(-c2cc(-c3cccc(Oc4ccccc4)c3)c(C#N)c(N)n2)c(C)c1. The molecule has 0 bridgehead atoms. The van der Waals surface area contributed by atoms with Gasteiger partial charge in [0.2, 0.25) is 0 Å². The Kier molecular flexibility index (Phi) is 5.19. The van der Waals surface area contributed by atoms with Crippen molar-refractivity contribution in [1.29, 1.82) is 5.26 Å². The molecule has 4 heteroatoms. The molecule has 0 aliphatic carbocycles. The number of hydrogen-bond acceptors (Lipinski definition) is 4. The summed E-state index contributed by atoms with van der Waals surface area (Å²) in [5, 5.41) is 9.72. The number of aromatic nitrogens is 1. The number of pyridine rings is 1. The minimum atomic E-state index is 0.222. The molecule has 30 heavy (non-hydrogen) atoms. The molecule has 0 amide bonds. The zero-order chi connectivity index (χ0) is 21.1. The predicted octanol–water partition coefficient (Wildman–Crippen LogP) is 6.28. The zero-order valence-corrected chi connectivity index (χ0v) is 16.9. The summed E-state index contributed by atoms with van der Waals surface area (Å²) in [4.78, 5) is 4.51. The molecule has 1 aromatic heterocycles. The van der Waals surface area contributed by atoms with Crippen molar-refractivity contribution in [1.82, 2.24) is 4.98 Å². The average molecular weight is 391 g/mol. The average Bonchev–Trinajstić information content (AvgIpc) is 2.74. The van der Waals surface area contributed by atoms with Crippen LogP contribution in [-0.4, -0.2) is 4.98 Å². The van der Waals surface area contributed by atoms with Crippen LogP contribution in [-0.2, 0) is 0 Å². The first-order valence-electron chi connectivity index (χ1n) is 9.67. The highest BCUT2D eigenvalue weighted by molar-refractivity contribution is 5.81. The molecule has 0 unspecified atom stereocenters. The van der Waals surface area contributed by atoms with Crippen molar-refractivity contribution in [3.8, 4) is 40.0 Å². The van der Waals surface area contributed by atoms with Gasteiger partial charge in [0.05, 0.1) is 5.69 Å². The van der Waals surface area contributed by atoms with E-state index in [2.05, 4.69) is 24.0 Å². The lowest BCUT2D eigenvalue weighted by Gasteiger charge is -2.13. The molecular weight excluding hydrogens is 370 g/mol. The first-order valence-corrected chi connectivity index (χ1v) is 9.67. The number of benzene rings is 3. The molecule has 0 saturated heterocycles. The monoisotopic (exact) mass is 391 g/mol. The van der Waals surface area contributed by atoms with E-state index < -0.39 is 0 Å². The third kappa shape index (κ3) is 3.87. The van der Waals surface area contributed by atoms with Gasteiger partial charge < -0.3 is 10.5 Å². The summed E-state index contributed by atoms with van der Waals surface area (Å²) in [5.41, 5.74) is 12.2. The standard InChI is InChI=1S/C26H21N3O/c1-17-11-12-22(18(2)13-17)25-15-23(24(16-27)26(28)29-25)19-7-6-10-21(14-19)30-20-8-4-3-5-9-20/h3-15H,1-2H3,(H2,28,29). The molecule has 0 fully saturated rings. The minimum Gasteiger partial charge on any atom is -0.457 e. The number of nitrogens with zero attached hydrogens (tertiary/aromatic N) is 2. The lowest BCUT2D eigenvalue weighted by molar-refractivity contribution is 0.483. The topological polar surface area (TPSA) is 71.9 Å². The van der Waals surface area contributed by atoms with Gasteiger partial charge in [-0.2, -0.15) is 5.26 Å². The minimum absolute atomic E-state index is 0.222. The second-order valence-electron chi connectivity index (χ2n) is 7.19. The van der Waals surface area contributed by atoms with E-state index in [4.69, 9.17) is 10.5 Å². The lowest BCUT2D eigenvalue weighted by atomic mass is 9.96. The van der Waals surface area contributed by atoms with Crippen LogP contribution in [0.4, 0.5) is 5.82 Å². The Hall–Kier alpha value is -4.10. The highest BCUT2D eigenvalue weighted by Crippen LogP contribution is 2.34. The Labute approximate surface area is 176 Å². The number of anilines is 1. The first kappa shape index (κ1) is 19.2. The summed E-state index contributed by atoms with van der Waals surface area (Å²) < 4.78 is 5.96. The van der Waals surface area contributed by atoms with Crippen molar-refractivity contribution in [2.24, 2.45) is 0 Å². The molecule has 0 aliphatic heterocycles. The summed E-state index contributed by atoms with van der Waals surface area (Å²) in [6, 6.07) is 27.6.